The lowest BCUT2D eigenvalue weighted by molar-refractivity contribution is 0.0697. The lowest BCUT2D eigenvalue weighted by Crippen LogP contribution is -2.18. The Hall–Kier alpha value is -3.78. The Kier molecular flexibility index (Phi) is 5.90. The number of furan rings is 1. The van der Waals surface area contributed by atoms with Gasteiger partial charge in [-0.3, -0.25) is 4.79 Å². The van der Waals surface area contributed by atoms with Gasteiger partial charge in [0, 0.05) is 5.56 Å². The third-order valence-corrected chi connectivity index (χ3v) is 5.18. The average Bonchev–Trinajstić information content (AvgIpc) is 3.36. The summed E-state index contributed by atoms with van der Waals surface area (Å²) in [7, 11) is 0. The summed E-state index contributed by atoms with van der Waals surface area (Å²) in [5.74, 6) is 1.37. The number of carboxylic acids is 1. The number of carbonyl (C=O) groups excluding carboxylic acids is 1. The van der Waals surface area contributed by atoms with Crippen LogP contribution in [0.1, 0.15) is 23.0 Å². The van der Waals surface area contributed by atoms with Crippen molar-refractivity contribution in [1.82, 2.24) is 5.32 Å². The fourth-order valence-corrected chi connectivity index (χ4v) is 3.63. The molecule has 1 aromatic heterocycles. The van der Waals surface area contributed by atoms with Gasteiger partial charge in [0.1, 0.15) is 23.1 Å². The number of nitrogens with one attached hydrogen (secondary N) is 1. The summed E-state index contributed by atoms with van der Waals surface area (Å²) in [5.41, 5.74) is 1.65. The molecule has 2 aromatic carbocycles. The summed E-state index contributed by atoms with van der Waals surface area (Å²) in [6, 6.07) is 17.3. The number of hydrogen-bond donors (Lipinski definition) is 2. The van der Waals surface area contributed by atoms with Crippen LogP contribution >= 0.6 is 11.8 Å². The summed E-state index contributed by atoms with van der Waals surface area (Å²) in [4.78, 5) is 28.1. The molecular formula is C23H18N2O5S. The molecule has 0 atom stereocenters. The van der Waals surface area contributed by atoms with Crippen molar-refractivity contribution in [3.05, 3.63) is 76.9 Å². The molecule has 0 saturated carbocycles. The zero-order chi connectivity index (χ0) is 21.8. The molecule has 1 aliphatic heterocycles. The van der Waals surface area contributed by atoms with Crippen molar-refractivity contribution in [3.8, 4) is 17.1 Å². The van der Waals surface area contributed by atoms with E-state index in [1.807, 2.05) is 31.2 Å². The Morgan fingerprint density at radius 1 is 1.13 bits per heavy atom. The van der Waals surface area contributed by atoms with Gasteiger partial charge in [-0.05, 0) is 73.3 Å². The first kappa shape index (κ1) is 20.5. The van der Waals surface area contributed by atoms with Crippen molar-refractivity contribution in [2.75, 3.05) is 6.61 Å². The number of carbonyl (C=O) groups is 2. The minimum Gasteiger partial charge on any atom is -0.494 e. The summed E-state index contributed by atoms with van der Waals surface area (Å²) in [6.07, 6.45) is 1.74. The molecule has 31 heavy (non-hydrogen) atoms. The highest BCUT2D eigenvalue weighted by molar-refractivity contribution is 8.18. The monoisotopic (exact) mass is 434 g/mol. The molecular weight excluding hydrogens is 416 g/mol. The Morgan fingerprint density at radius 3 is 2.55 bits per heavy atom. The molecule has 7 nitrogen and oxygen atoms in total. The highest BCUT2D eigenvalue weighted by Crippen LogP contribution is 2.31. The minimum atomic E-state index is -0.980. The summed E-state index contributed by atoms with van der Waals surface area (Å²) in [6.45, 7) is 2.50. The molecule has 3 aromatic rings. The average molecular weight is 434 g/mol. The molecule has 4 rings (SSSR count). The van der Waals surface area contributed by atoms with E-state index in [4.69, 9.17) is 14.3 Å². The van der Waals surface area contributed by atoms with Crippen molar-refractivity contribution in [3.63, 3.8) is 0 Å². The van der Waals surface area contributed by atoms with Gasteiger partial charge in [-0.1, -0.05) is 12.1 Å². The van der Waals surface area contributed by atoms with Gasteiger partial charge < -0.3 is 19.6 Å². The van der Waals surface area contributed by atoms with E-state index >= 15 is 0 Å². The van der Waals surface area contributed by atoms with Crippen LogP contribution in [-0.4, -0.2) is 28.8 Å². The maximum absolute atomic E-state index is 11.9. The molecule has 0 bridgehead atoms. The van der Waals surface area contributed by atoms with Crippen molar-refractivity contribution < 1.29 is 23.8 Å². The van der Waals surface area contributed by atoms with E-state index in [1.54, 1.807) is 30.3 Å². The number of ether oxygens (including phenoxy) is 1. The predicted octanol–water partition coefficient (Wildman–Crippen LogP) is 5.57. The predicted molar refractivity (Wildman–Crippen MR) is 120 cm³/mol. The number of aromatic carboxylic acids is 1. The molecule has 0 spiro atoms. The molecule has 1 amide bonds. The molecule has 1 aliphatic rings. The zero-order valence-electron chi connectivity index (χ0n) is 16.5. The van der Waals surface area contributed by atoms with Crippen LogP contribution in [0, 0.1) is 0 Å². The number of benzene rings is 2. The van der Waals surface area contributed by atoms with Crippen LogP contribution in [0.3, 0.4) is 0 Å². The first-order valence-electron chi connectivity index (χ1n) is 9.48. The van der Waals surface area contributed by atoms with E-state index in [1.165, 1.54) is 12.1 Å². The third-order valence-electron chi connectivity index (χ3n) is 4.36. The van der Waals surface area contributed by atoms with Gasteiger partial charge in [0.25, 0.3) is 5.24 Å². The third kappa shape index (κ3) is 4.87. The largest absolute Gasteiger partial charge is 0.494 e. The van der Waals surface area contributed by atoms with Gasteiger partial charge in [-0.15, -0.1) is 0 Å². The maximum atomic E-state index is 11.9. The van der Waals surface area contributed by atoms with Gasteiger partial charge in [0.2, 0.25) is 0 Å². The normalized spacial score (nSPS) is 16.0. The van der Waals surface area contributed by atoms with Crippen LogP contribution in [0.4, 0.5) is 10.5 Å². The van der Waals surface area contributed by atoms with Gasteiger partial charge in [-0.25, -0.2) is 9.79 Å². The van der Waals surface area contributed by atoms with E-state index in [-0.39, 0.29) is 10.8 Å². The Balaban J connectivity index is 1.57. The van der Waals surface area contributed by atoms with Crippen molar-refractivity contribution in [2.24, 2.45) is 4.99 Å². The number of rotatable bonds is 6. The molecule has 1 saturated heterocycles. The quantitative estimate of drug-likeness (QED) is 0.526. The van der Waals surface area contributed by atoms with E-state index < -0.39 is 5.97 Å². The highest BCUT2D eigenvalue weighted by atomic mass is 32.2. The summed E-state index contributed by atoms with van der Waals surface area (Å²) < 4.78 is 11.3. The number of carboxylic acid groups (broad SMARTS) is 1. The van der Waals surface area contributed by atoms with Crippen LogP contribution in [0.2, 0.25) is 0 Å². The van der Waals surface area contributed by atoms with E-state index in [9.17, 15) is 9.59 Å². The second-order valence-corrected chi connectivity index (χ2v) is 7.51. The topological polar surface area (TPSA) is 101 Å². The molecule has 1 fully saturated rings. The molecule has 0 unspecified atom stereocenters. The molecule has 156 valence electrons. The van der Waals surface area contributed by atoms with Crippen LogP contribution in [-0.2, 0) is 0 Å². The Bertz CT molecular complexity index is 1180. The Labute approximate surface area is 182 Å². The van der Waals surface area contributed by atoms with E-state index in [0.29, 0.717) is 34.6 Å². The molecule has 2 heterocycles. The highest BCUT2D eigenvalue weighted by Gasteiger charge is 2.24. The van der Waals surface area contributed by atoms with E-state index in [0.717, 1.165) is 23.1 Å². The standard InChI is InChI=1S/C23H18N2O5S/c1-2-29-17-9-7-16(8-10-17)24-21-20(31-23(28)25-21)13-18-11-12-19(30-18)14-3-5-15(6-4-14)22(26)27/h3-13H,2H2,1H3,(H,26,27)(H,24,25,28). The molecule has 2 N–H and O–H groups in total. The molecule has 0 radical (unpaired) electrons. The van der Waals surface area contributed by atoms with Gasteiger partial charge in [0.15, 0.2) is 0 Å². The SMILES string of the molecule is CCOc1ccc(N=C2NC(=O)SC2=Cc2ccc(-c3ccc(C(=O)O)cc3)o2)cc1. The molecule has 8 heteroatoms. The molecule has 0 aliphatic carbocycles. The number of amides is 1. The number of amidine groups is 1. The van der Waals surface area contributed by atoms with Gasteiger partial charge in [-0.2, -0.15) is 0 Å². The fraction of sp³-hybridized carbons (Fsp3) is 0.0870. The van der Waals surface area contributed by atoms with Gasteiger partial charge >= 0.3 is 5.97 Å². The number of thioether (sulfide) groups is 1. The maximum Gasteiger partial charge on any atom is 0.335 e. The lowest BCUT2D eigenvalue weighted by atomic mass is 10.1. The van der Waals surface area contributed by atoms with Crippen molar-refractivity contribution in [1.29, 1.82) is 0 Å². The summed E-state index contributed by atoms with van der Waals surface area (Å²) >= 11 is 1.04. The van der Waals surface area contributed by atoms with Crippen LogP contribution in [0.5, 0.6) is 5.75 Å². The first-order valence-corrected chi connectivity index (χ1v) is 10.3. The summed E-state index contributed by atoms with van der Waals surface area (Å²) in [5, 5.41) is 11.5. The van der Waals surface area contributed by atoms with Crippen molar-refractivity contribution in [2.45, 2.75) is 6.92 Å². The number of aliphatic imine (C=N–C) groups is 1. The van der Waals surface area contributed by atoms with Crippen LogP contribution in [0.15, 0.2) is 75.0 Å². The van der Waals surface area contributed by atoms with E-state index in [2.05, 4.69) is 10.3 Å². The second-order valence-electron chi connectivity index (χ2n) is 6.49. The minimum absolute atomic E-state index is 0.208. The number of hydrogen-bond acceptors (Lipinski definition) is 6. The van der Waals surface area contributed by atoms with Crippen LogP contribution < -0.4 is 10.1 Å². The number of nitrogens with zero attached hydrogens (tertiary/aromatic N) is 1. The first-order chi connectivity index (χ1) is 15.0. The van der Waals surface area contributed by atoms with Crippen molar-refractivity contribution >= 4 is 40.6 Å². The van der Waals surface area contributed by atoms with Crippen LogP contribution in [0.25, 0.3) is 17.4 Å². The van der Waals surface area contributed by atoms with Gasteiger partial charge in [0.05, 0.1) is 22.8 Å². The smallest absolute Gasteiger partial charge is 0.335 e. The zero-order valence-corrected chi connectivity index (χ0v) is 17.3. The Morgan fingerprint density at radius 2 is 1.87 bits per heavy atom. The second kappa shape index (κ2) is 8.93. The lowest BCUT2D eigenvalue weighted by Gasteiger charge is -2.03. The fourth-order valence-electron chi connectivity index (χ4n) is 2.92.